The van der Waals surface area contributed by atoms with Gasteiger partial charge < -0.3 is 0 Å². The average Bonchev–Trinajstić information content (AvgIpc) is 2.29. The van der Waals surface area contributed by atoms with Crippen molar-refractivity contribution in [2.45, 2.75) is 26.7 Å². The zero-order valence-electron chi connectivity index (χ0n) is 9.53. The van der Waals surface area contributed by atoms with E-state index in [1.807, 2.05) is 0 Å². The summed E-state index contributed by atoms with van der Waals surface area (Å²) in [5.41, 5.74) is 1.46. The molecule has 2 rings (SSSR count). The highest BCUT2D eigenvalue weighted by molar-refractivity contribution is 5.82. The molecule has 0 N–H and O–H groups in total. The van der Waals surface area contributed by atoms with Gasteiger partial charge in [0.15, 0.2) is 0 Å². The van der Waals surface area contributed by atoms with E-state index in [0.29, 0.717) is 0 Å². The fraction of sp³-hybridized carbons (Fsp3) is 0.333. The summed E-state index contributed by atoms with van der Waals surface area (Å²) >= 11 is 0. The molecule has 1 unspecified atom stereocenters. The zero-order valence-corrected chi connectivity index (χ0v) is 9.53. The van der Waals surface area contributed by atoms with Crippen LogP contribution in [0, 0.1) is 5.92 Å². The average molecular weight is 198 g/mol. The van der Waals surface area contributed by atoms with Crippen molar-refractivity contribution in [2.75, 3.05) is 0 Å². The first-order valence-electron chi connectivity index (χ1n) is 5.77. The molecule has 0 saturated carbocycles. The maximum atomic E-state index is 2.32. The van der Waals surface area contributed by atoms with Gasteiger partial charge in [-0.15, -0.1) is 0 Å². The van der Waals surface area contributed by atoms with Gasteiger partial charge in [0, 0.05) is 0 Å². The fourth-order valence-electron chi connectivity index (χ4n) is 1.91. The lowest BCUT2D eigenvalue weighted by Gasteiger charge is -2.09. The summed E-state index contributed by atoms with van der Waals surface area (Å²) in [4.78, 5) is 0. The molecule has 2 aromatic rings. The van der Waals surface area contributed by atoms with Crippen molar-refractivity contribution in [1.82, 2.24) is 0 Å². The van der Waals surface area contributed by atoms with E-state index in [4.69, 9.17) is 0 Å². The molecule has 0 aliphatic carbocycles. The molecule has 0 heterocycles. The molecule has 0 fully saturated rings. The maximum Gasteiger partial charge on any atom is -0.0181 e. The van der Waals surface area contributed by atoms with Crippen LogP contribution in [-0.2, 0) is 6.42 Å². The van der Waals surface area contributed by atoms with Crippen molar-refractivity contribution in [3.05, 3.63) is 48.0 Å². The van der Waals surface area contributed by atoms with E-state index in [1.54, 1.807) is 0 Å². The number of rotatable bonds is 3. The van der Waals surface area contributed by atoms with Gasteiger partial charge in [0.25, 0.3) is 0 Å². The first kappa shape index (κ1) is 10.2. The first-order valence-corrected chi connectivity index (χ1v) is 5.77. The van der Waals surface area contributed by atoms with Crippen molar-refractivity contribution < 1.29 is 0 Å². The number of fused-ring (bicyclic) bond motifs is 1. The van der Waals surface area contributed by atoms with Crippen LogP contribution in [0.2, 0.25) is 0 Å². The van der Waals surface area contributed by atoms with Crippen molar-refractivity contribution in [3.63, 3.8) is 0 Å². The Balaban J connectivity index is 2.30. The van der Waals surface area contributed by atoms with Crippen LogP contribution in [0.25, 0.3) is 10.8 Å². The minimum absolute atomic E-state index is 0.783. The summed E-state index contributed by atoms with van der Waals surface area (Å²) in [5, 5.41) is 2.70. The highest BCUT2D eigenvalue weighted by atomic mass is 14.1. The van der Waals surface area contributed by atoms with E-state index in [1.165, 1.54) is 29.2 Å². The third-order valence-electron chi connectivity index (χ3n) is 3.09. The topological polar surface area (TPSA) is 0 Å². The van der Waals surface area contributed by atoms with Crippen LogP contribution < -0.4 is 0 Å². The second kappa shape index (κ2) is 4.48. The summed E-state index contributed by atoms with van der Waals surface area (Å²) in [7, 11) is 0. The Morgan fingerprint density at radius 3 is 2.47 bits per heavy atom. The molecule has 0 radical (unpaired) electrons. The monoisotopic (exact) mass is 198 g/mol. The quantitative estimate of drug-likeness (QED) is 0.684. The molecule has 2 aromatic carbocycles. The summed E-state index contributed by atoms with van der Waals surface area (Å²) < 4.78 is 0. The van der Waals surface area contributed by atoms with E-state index in [2.05, 4.69) is 56.3 Å². The largest absolute Gasteiger partial charge is 0.0651 e. The molecule has 78 valence electrons. The van der Waals surface area contributed by atoms with Gasteiger partial charge in [0.2, 0.25) is 0 Å². The van der Waals surface area contributed by atoms with Gasteiger partial charge in [-0.1, -0.05) is 62.7 Å². The van der Waals surface area contributed by atoms with E-state index >= 15 is 0 Å². The van der Waals surface area contributed by atoms with Crippen LogP contribution in [0.3, 0.4) is 0 Å². The molecule has 1 atom stereocenters. The third kappa shape index (κ3) is 2.38. The van der Waals surface area contributed by atoms with Crippen LogP contribution >= 0.6 is 0 Å². The molecular weight excluding hydrogens is 180 g/mol. The minimum Gasteiger partial charge on any atom is -0.0651 e. The molecule has 0 aliphatic rings. The highest BCUT2D eigenvalue weighted by Gasteiger charge is 2.01. The summed E-state index contributed by atoms with van der Waals surface area (Å²) in [5.74, 6) is 0.783. The minimum atomic E-state index is 0.783. The maximum absolute atomic E-state index is 2.32. The van der Waals surface area contributed by atoms with Crippen LogP contribution in [-0.4, -0.2) is 0 Å². The van der Waals surface area contributed by atoms with Crippen molar-refractivity contribution in [2.24, 2.45) is 5.92 Å². The third-order valence-corrected chi connectivity index (χ3v) is 3.09. The van der Waals surface area contributed by atoms with Crippen LogP contribution in [0.4, 0.5) is 0 Å². The highest BCUT2D eigenvalue weighted by Crippen LogP contribution is 2.18. The molecule has 0 aromatic heterocycles. The van der Waals surface area contributed by atoms with Gasteiger partial charge in [0.1, 0.15) is 0 Å². The number of benzene rings is 2. The second-order valence-corrected chi connectivity index (χ2v) is 4.40. The predicted molar refractivity (Wildman–Crippen MR) is 67.1 cm³/mol. The van der Waals surface area contributed by atoms with E-state index in [-0.39, 0.29) is 0 Å². The lowest BCUT2D eigenvalue weighted by molar-refractivity contribution is 0.560. The van der Waals surface area contributed by atoms with Gasteiger partial charge in [-0.3, -0.25) is 0 Å². The Morgan fingerprint density at radius 2 is 1.73 bits per heavy atom. The Labute approximate surface area is 91.9 Å². The van der Waals surface area contributed by atoms with Gasteiger partial charge in [-0.25, -0.2) is 0 Å². The standard InChI is InChI=1S/C15H18/c1-3-12(2)10-13-8-9-14-6-4-5-7-15(14)11-13/h4-9,11-12H,3,10H2,1-2H3. The second-order valence-electron chi connectivity index (χ2n) is 4.40. The zero-order chi connectivity index (χ0) is 10.7. The van der Waals surface area contributed by atoms with E-state index in [0.717, 1.165) is 5.92 Å². The number of hydrogen-bond acceptors (Lipinski definition) is 0. The first-order chi connectivity index (χ1) is 7.29. The Hall–Kier alpha value is -1.30. The Bertz CT molecular complexity index is 442. The molecule has 0 heteroatoms. The Morgan fingerprint density at radius 1 is 1.00 bits per heavy atom. The van der Waals surface area contributed by atoms with Crippen LogP contribution in [0.15, 0.2) is 42.5 Å². The van der Waals surface area contributed by atoms with E-state index < -0.39 is 0 Å². The summed E-state index contributed by atoms with van der Waals surface area (Å²) in [6, 6.07) is 15.4. The molecule has 0 saturated heterocycles. The van der Waals surface area contributed by atoms with Crippen molar-refractivity contribution in [1.29, 1.82) is 0 Å². The molecule has 0 aliphatic heterocycles. The Kier molecular flexibility index (Phi) is 3.05. The normalized spacial score (nSPS) is 12.9. The predicted octanol–water partition coefficient (Wildman–Crippen LogP) is 4.43. The lowest BCUT2D eigenvalue weighted by atomic mass is 9.97. The summed E-state index contributed by atoms with van der Waals surface area (Å²) in [6.45, 7) is 4.57. The number of hydrogen-bond donors (Lipinski definition) is 0. The van der Waals surface area contributed by atoms with Gasteiger partial charge in [-0.05, 0) is 28.7 Å². The van der Waals surface area contributed by atoms with E-state index in [9.17, 15) is 0 Å². The van der Waals surface area contributed by atoms with Crippen molar-refractivity contribution >= 4 is 10.8 Å². The SMILES string of the molecule is CCC(C)Cc1ccc2ccccc2c1. The van der Waals surface area contributed by atoms with Crippen LogP contribution in [0.1, 0.15) is 25.8 Å². The smallest absolute Gasteiger partial charge is 0.0181 e. The van der Waals surface area contributed by atoms with Gasteiger partial charge in [0.05, 0.1) is 0 Å². The molecule has 0 spiro atoms. The van der Waals surface area contributed by atoms with Gasteiger partial charge in [-0.2, -0.15) is 0 Å². The molecule has 0 bridgehead atoms. The molecule has 0 amide bonds. The molecular formula is C15H18. The molecule has 15 heavy (non-hydrogen) atoms. The van der Waals surface area contributed by atoms with Gasteiger partial charge >= 0.3 is 0 Å². The van der Waals surface area contributed by atoms with Crippen LogP contribution in [0.5, 0.6) is 0 Å². The van der Waals surface area contributed by atoms with Crippen molar-refractivity contribution in [3.8, 4) is 0 Å². The fourth-order valence-corrected chi connectivity index (χ4v) is 1.91. The molecule has 0 nitrogen and oxygen atoms in total. The lowest BCUT2D eigenvalue weighted by Crippen LogP contribution is -1.97. The summed E-state index contributed by atoms with van der Waals surface area (Å²) in [6.07, 6.45) is 2.45.